The summed E-state index contributed by atoms with van der Waals surface area (Å²) in [5.41, 5.74) is 8.64. The van der Waals surface area contributed by atoms with Gasteiger partial charge >= 0.3 is 0 Å². The Bertz CT molecular complexity index is 399. The predicted molar refractivity (Wildman–Crippen MR) is 75.6 cm³/mol. The second-order valence-corrected chi connectivity index (χ2v) is 5.77. The van der Waals surface area contributed by atoms with E-state index < -0.39 is 0 Å². The average molecular weight is 316 g/mol. The second-order valence-electron chi connectivity index (χ2n) is 4.98. The van der Waals surface area contributed by atoms with Crippen molar-refractivity contribution >= 4 is 15.9 Å². The smallest absolute Gasteiger partial charge is 0.0738 e. The molecule has 0 aromatic carbocycles. The molecular formula is C13H22BrN3O. The summed E-state index contributed by atoms with van der Waals surface area (Å²) in [4.78, 5) is 0. The van der Waals surface area contributed by atoms with Crippen LogP contribution in [0.4, 0.5) is 0 Å². The molecule has 1 aromatic rings. The van der Waals surface area contributed by atoms with Crippen LogP contribution < -0.4 is 5.73 Å². The zero-order valence-electron chi connectivity index (χ0n) is 11.2. The van der Waals surface area contributed by atoms with Crippen molar-refractivity contribution in [3.63, 3.8) is 0 Å². The topological polar surface area (TPSA) is 53.1 Å². The lowest BCUT2D eigenvalue weighted by molar-refractivity contribution is 0.0582. The van der Waals surface area contributed by atoms with Crippen LogP contribution in [0.15, 0.2) is 4.47 Å². The molecule has 5 heteroatoms. The molecule has 0 spiro atoms. The number of nitrogens with zero attached hydrogens (tertiary/aromatic N) is 2. The standard InChI is InChI=1S/C13H22BrN3O/c1-3-17-12(13(14)9(2)16-17)8-11(15)10-4-6-18-7-5-10/h10-11H,3-8,15H2,1-2H3. The lowest BCUT2D eigenvalue weighted by atomic mass is 9.89. The van der Waals surface area contributed by atoms with Gasteiger partial charge in [0, 0.05) is 32.2 Å². The quantitative estimate of drug-likeness (QED) is 0.927. The number of hydrogen-bond acceptors (Lipinski definition) is 3. The fourth-order valence-corrected chi connectivity index (χ4v) is 3.04. The molecule has 102 valence electrons. The molecule has 2 rings (SSSR count). The summed E-state index contributed by atoms with van der Waals surface area (Å²) in [5.74, 6) is 0.575. The summed E-state index contributed by atoms with van der Waals surface area (Å²) < 4.78 is 8.56. The molecule has 1 unspecified atom stereocenters. The van der Waals surface area contributed by atoms with E-state index in [9.17, 15) is 0 Å². The lowest BCUT2D eigenvalue weighted by Gasteiger charge is -2.27. The van der Waals surface area contributed by atoms with Gasteiger partial charge in [0.15, 0.2) is 0 Å². The Kier molecular flexibility index (Phi) is 4.81. The van der Waals surface area contributed by atoms with E-state index in [-0.39, 0.29) is 6.04 Å². The third-order valence-electron chi connectivity index (χ3n) is 3.75. The fourth-order valence-electron chi connectivity index (χ4n) is 2.60. The van der Waals surface area contributed by atoms with Gasteiger partial charge in [0.2, 0.25) is 0 Å². The minimum atomic E-state index is 0.201. The van der Waals surface area contributed by atoms with E-state index in [1.807, 2.05) is 6.92 Å². The molecule has 0 bridgehead atoms. The number of aromatic nitrogens is 2. The molecule has 0 saturated carbocycles. The van der Waals surface area contributed by atoms with Crippen molar-refractivity contribution in [1.29, 1.82) is 0 Å². The van der Waals surface area contributed by atoms with E-state index in [1.54, 1.807) is 0 Å². The number of ether oxygens (including phenoxy) is 1. The van der Waals surface area contributed by atoms with Crippen molar-refractivity contribution < 1.29 is 4.74 Å². The van der Waals surface area contributed by atoms with Gasteiger partial charge in [-0.05, 0) is 48.5 Å². The Labute approximate surface area is 117 Å². The van der Waals surface area contributed by atoms with E-state index in [2.05, 4.69) is 32.6 Å². The van der Waals surface area contributed by atoms with Gasteiger partial charge in [0.25, 0.3) is 0 Å². The van der Waals surface area contributed by atoms with Gasteiger partial charge in [0.1, 0.15) is 0 Å². The number of nitrogens with two attached hydrogens (primary N) is 1. The van der Waals surface area contributed by atoms with E-state index in [0.29, 0.717) is 5.92 Å². The third-order valence-corrected chi connectivity index (χ3v) is 4.78. The first kappa shape index (κ1) is 14.0. The Morgan fingerprint density at radius 2 is 2.17 bits per heavy atom. The van der Waals surface area contributed by atoms with E-state index >= 15 is 0 Å². The highest BCUT2D eigenvalue weighted by atomic mass is 79.9. The molecule has 0 aliphatic carbocycles. The molecular weight excluding hydrogens is 294 g/mol. The summed E-state index contributed by atoms with van der Waals surface area (Å²) in [6.45, 7) is 6.74. The maximum absolute atomic E-state index is 6.36. The highest BCUT2D eigenvalue weighted by Crippen LogP contribution is 2.25. The van der Waals surface area contributed by atoms with Gasteiger partial charge in [0.05, 0.1) is 15.9 Å². The summed E-state index contributed by atoms with van der Waals surface area (Å²) in [7, 11) is 0. The first-order valence-corrected chi connectivity index (χ1v) is 7.47. The van der Waals surface area contributed by atoms with Gasteiger partial charge in [-0.3, -0.25) is 4.68 Å². The van der Waals surface area contributed by atoms with Crippen LogP contribution in [0, 0.1) is 12.8 Å². The fraction of sp³-hybridized carbons (Fsp3) is 0.769. The van der Waals surface area contributed by atoms with Gasteiger partial charge in [-0.25, -0.2) is 0 Å². The van der Waals surface area contributed by atoms with Crippen LogP contribution in [-0.4, -0.2) is 29.0 Å². The summed E-state index contributed by atoms with van der Waals surface area (Å²) >= 11 is 3.63. The van der Waals surface area contributed by atoms with Crippen molar-refractivity contribution in [2.75, 3.05) is 13.2 Å². The molecule has 1 fully saturated rings. The van der Waals surface area contributed by atoms with Crippen molar-refractivity contribution in [1.82, 2.24) is 9.78 Å². The molecule has 1 aliphatic rings. The van der Waals surface area contributed by atoms with Gasteiger partial charge in [-0.15, -0.1) is 0 Å². The van der Waals surface area contributed by atoms with Gasteiger partial charge < -0.3 is 10.5 Å². The van der Waals surface area contributed by atoms with Crippen LogP contribution in [0.5, 0.6) is 0 Å². The maximum atomic E-state index is 6.36. The van der Waals surface area contributed by atoms with E-state index in [0.717, 1.165) is 49.2 Å². The van der Waals surface area contributed by atoms with Crippen LogP contribution in [-0.2, 0) is 17.7 Å². The van der Waals surface area contributed by atoms with Crippen LogP contribution in [0.2, 0.25) is 0 Å². The summed E-state index contributed by atoms with van der Waals surface area (Å²) in [6, 6.07) is 0.201. The Balaban J connectivity index is 2.08. The minimum Gasteiger partial charge on any atom is -0.381 e. The van der Waals surface area contributed by atoms with Crippen LogP contribution >= 0.6 is 15.9 Å². The van der Waals surface area contributed by atoms with Crippen LogP contribution in [0.3, 0.4) is 0 Å². The van der Waals surface area contributed by atoms with E-state index in [4.69, 9.17) is 10.5 Å². The Hall–Kier alpha value is -0.390. The normalized spacial score (nSPS) is 19.1. The molecule has 0 amide bonds. The molecule has 0 radical (unpaired) electrons. The number of rotatable bonds is 4. The molecule has 1 atom stereocenters. The lowest BCUT2D eigenvalue weighted by Crippen LogP contribution is -2.36. The molecule has 1 saturated heterocycles. The molecule has 4 nitrogen and oxygen atoms in total. The van der Waals surface area contributed by atoms with Crippen molar-refractivity contribution in [2.45, 2.75) is 45.7 Å². The maximum Gasteiger partial charge on any atom is 0.0738 e. The van der Waals surface area contributed by atoms with Crippen LogP contribution in [0.25, 0.3) is 0 Å². The summed E-state index contributed by atoms with van der Waals surface area (Å²) in [6.07, 6.45) is 3.05. The first-order chi connectivity index (χ1) is 8.63. The first-order valence-electron chi connectivity index (χ1n) is 6.68. The zero-order chi connectivity index (χ0) is 13.1. The summed E-state index contributed by atoms with van der Waals surface area (Å²) in [5, 5.41) is 4.52. The van der Waals surface area contributed by atoms with Gasteiger partial charge in [-0.2, -0.15) is 5.10 Å². The molecule has 1 aliphatic heterocycles. The largest absolute Gasteiger partial charge is 0.381 e. The van der Waals surface area contributed by atoms with Crippen LogP contribution in [0.1, 0.15) is 31.2 Å². The highest BCUT2D eigenvalue weighted by Gasteiger charge is 2.24. The van der Waals surface area contributed by atoms with Crippen molar-refractivity contribution in [2.24, 2.45) is 11.7 Å². The second kappa shape index (κ2) is 6.17. The molecule has 2 N–H and O–H groups in total. The monoisotopic (exact) mass is 315 g/mol. The van der Waals surface area contributed by atoms with E-state index in [1.165, 1.54) is 5.69 Å². The zero-order valence-corrected chi connectivity index (χ0v) is 12.7. The molecule has 18 heavy (non-hydrogen) atoms. The number of hydrogen-bond donors (Lipinski definition) is 1. The highest BCUT2D eigenvalue weighted by molar-refractivity contribution is 9.10. The SMILES string of the molecule is CCn1nc(C)c(Br)c1CC(N)C1CCOCC1. The Morgan fingerprint density at radius 3 is 2.78 bits per heavy atom. The minimum absolute atomic E-state index is 0.201. The average Bonchev–Trinajstić information content (AvgIpc) is 2.67. The molecule has 1 aromatic heterocycles. The predicted octanol–water partition coefficient (Wildman–Crippen LogP) is 2.27. The number of halogens is 1. The Morgan fingerprint density at radius 1 is 1.50 bits per heavy atom. The van der Waals surface area contributed by atoms with Gasteiger partial charge in [-0.1, -0.05) is 0 Å². The van der Waals surface area contributed by atoms with Crippen molar-refractivity contribution in [3.8, 4) is 0 Å². The van der Waals surface area contributed by atoms with Crippen molar-refractivity contribution in [3.05, 3.63) is 15.9 Å². The third kappa shape index (κ3) is 2.95. The number of aryl methyl sites for hydroxylation is 2. The molecule has 2 heterocycles.